The van der Waals surface area contributed by atoms with Crippen LogP contribution in [0.15, 0.2) is 48.5 Å². The van der Waals surface area contributed by atoms with Crippen LogP contribution < -0.4 is 14.8 Å². The molecule has 0 radical (unpaired) electrons. The Kier molecular flexibility index (Phi) is 6.75. The lowest BCUT2D eigenvalue weighted by molar-refractivity contribution is -0.138. The van der Waals surface area contributed by atoms with E-state index in [-0.39, 0.29) is 17.7 Å². The molecule has 1 saturated carbocycles. The lowest BCUT2D eigenvalue weighted by Gasteiger charge is -2.23. The fourth-order valence-corrected chi connectivity index (χ4v) is 4.26. The number of ether oxygens (including phenoxy) is 2. The normalized spacial score (nSPS) is 18.8. The van der Waals surface area contributed by atoms with Gasteiger partial charge in [-0.05, 0) is 49.6 Å². The maximum Gasteiger partial charge on any atom is 0.264 e. The highest BCUT2D eigenvalue weighted by molar-refractivity contribution is 5.93. The zero-order valence-corrected chi connectivity index (χ0v) is 18.0. The first kappa shape index (κ1) is 21.2. The predicted molar refractivity (Wildman–Crippen MR) is 119 cm³/mol. The van der Waals surface area contributed by atoms with Crippen molar-refractivity contribution >= 4 is 17.5 Å². The van der Waals surface area contributed by atoms with Gasteiger partial charge in [0.05, 0.1) is 6.54 Å². The van der Waals surface area contributed by atoms with Crippen molar-refractivity contribution in [2.75, 3.05) is 18.5 Å². The topological polar surface area (TPSA) is 67.9 Å². The summed E-state index contributed by atoms with van der Waals surface area (Å²) in [5.41, 5.74) is 1.65. The van der Waals surface area contributed by atoms with Gasteiger partial charge in [0.2, 0.25) is 5.91 Å². The molecule has 2 aromatic rings. The van der Waals surface area contributed by atoms with Crippen LogP contribution >= 0.6 is 0 Å². The second-order valence-electron chi connectivity index (χ2n) is 8.23. The summed E-state index contributed by atoms with van der Waals surface area (Å²) >= 11 is 0. The van der Waals surface area contributed by atoms with E-state index >= 15 is 0 Å². The average Bonchev–Trinajstić information content (AvgIpc) is 3.29. The summed E-state index contributed by atoms with van der Waals surface area (Å²) in [6.45, 7) is 3.24. The minimum atomic E-state index is -0.517. The monoisotopic (exact) mass is 422 g/mol. The molecule has 164 valence electrons. The van der Waals surface area contributed by atoms with Crippen molar-refractivity contribution < 1.29 is 19.1 Å². The van der Waals surface area contributed by atoms with E-state index in [4.69, 9.17) is 9.47 Å². The molecule has 2 amide bonds. The molecular weight excluding hydrogens is 392 g/mol. The summed E-state index contributed by atoms with van der Waals surface area (Å²) in [7, 11) is 0. The Labute approximate surface area is 183 Å². The van der Waals surface area contributed by atoms with E-state index < -0.39 is 6.10 Å². The maximum absolute atomic E-state index is 13.0. The van der Waals surface area contributed by atoms with E-state index in [1.807, 2.05) is 55.5 Å². The Morgan fingerprint density at radius 2 is 1.94 bits per heavy atom. The minimum absolute atomic E-state index is 0.0353. The largest absolute Gasteiger partial charge is 0.492 e. The Morgan fingerprint density at radius 3 is 2.68 bits per heavy atom. The zero-order valence-electron chi connectivity index (χ0n) is 18.0. The average molecular weight is 423 g/mol. The lowest BCUT2D eigenvalue weighted by Crippen LogP contribution is -2.41. The van der Waals surface area contributed by atoms with Crippen LogP contribution in [0, 0.1) is 5.92 Å². The van der Waals surface area contributed by atoms with Gasteiger partial charge in [-0.25, -0.2) is 0 Å². The van der Waals surface area contributed by atoms with Gasteiger partial charge in [-0.2, -0.15) is 0 Å². The molecule has 1 fully saturated rings. The van der Waals surface area contributed by atoms with Crippen molar-refractivity contribution in [3.05, 3.63) is 54.1 Å². The van der Waals surface area contributed by atoms with E-state index in [0.29, 0.717) is 31.9 Å². The number of amides is 2. The van der Waals surface area contributed by atoms with Crippen LogP contribution in [0.5, 0.6) is 11.5 Å². The molecule has 0 bridgehead atoms. The van der Waals surface area contributed by atoms with Crippen molar-refractivity contribution in [2.24, 2.45) is 5.92 Å². The van der Waals surface area contributed by atoms with Crippen LogP contribution in [-0.4, -0.2) is 36.0 Å². The number of nitrogens with one attached hydrogen (secondary N) is 1. The molecule has 0 aromatic heterocycles. The van der Waals surface area contributed by atoms with Crippen LogP contribution in [0.4, 0.5) is 5.69 Å². The molecule has 31 heavy (non-hydrogen) atoms. The molecule has 4 rings (SSSR count). The number of carbonyl (C=O) groups excluding carboxylic acids is 2. The molecule has 1 unspecified atom stereocenters. The third-order valence-corrected chi connectivity index (χ3v) is 6.02. The van der Waals surface area contributed by atoms with Gasteiger partial charge in [0.25, 0.3) is 5.91 Å². The number of hydrogen-bond donors (Lipinski definition) is 1. The maximum atomic E-state index is 13.0. The number of nitrogens with zero attached hydrogens (tertiary/aromatic N) is 1. The summed E-state index contributed by atoms with van der Waals surface area (Å²) in [4.78, 5) is 27.3. The van der Waals surface area contributed by atoms with Crippen molar-refractivity contribution in [3.8, 4) is 11.5 Å². The minimum Gasteiger partial charge on any atom is -0.492 e. The van der Waals surface area contributed by atoms with Crippen molar-refractivity contribution in [2.45, 2.75) is 51.7 Å². The molecule has 6 heteroatoms. The fraction of sp³-hybridized carbons (Fsp3) is 0.440. The highest BCUT2D eigenvalue weighted by Gasteiger charge is 2.30. The van der Waals surface area contributed by atoms with E-state index in [2.05, 4.69) is 5.32 Å². The van der Waals surface area contributed by atoms with Gasteiger partial charge in [-0.1, -0.05) is 38.0 Å². The summed E-state index contributed by atoms with van der Waals surface area (Å²) in [5.74, 6) is 1.64. The Morgan fingerprint density at radius 1 is 1.16 bits per heavy atom. The van der Waals surface area contributed by atoms with Gasteiger partial charge in [0, 0.05) is 23.7 Å². The van der Waals surface area contributed by atoms with Gasteiger partial charge in [-0.3, -0.25) is 9.59 Å². The number of fused-ring (bicyclic) bond motifs is 1. The van der Waals surface area contributed by atoms with E-state index in [0.717, 1.165) is 42.7 Å². The summed E-state index contributed by atoms with van der Waals surface area (Å²) in [6.07, 6.45) is 4.24. The number of rotatable bonds is 7. The molecule has 1 heterocycles. The molecule has 6 nitrogen and oxygen atoms in total. The number of benzene rings is 2. The molecular formula is C25H30N2O4. The molecule has 1 aliphatic heterocycles. The van der Waals surface area contributed by atoms with Gasteiger partial charge in [0.15, 0.2) is 6.10 Å². The van der Waals surface area contributed by atoms with E-state index in [9.17, 15) is 9.59 Å². The molecule has 0 spiro atoms. The molecule has 2 aliphatic rings. The van der Waals surface area contributed by atoms with Gasteiger partial charge in [-0.15, -0.1) is 0 Å². The fourth-order valence-electron chi connectivity index (χ4n) is 4.26. The van der Waals surface area contributed by atoms with Crippen LogP contribution in [0.3, 0.4) is 0 Å². The van der Waals surface area contributed by atoms with Crippen molar-refractivity contribution in [1.82, 2.24) is 4.90 Å². The van der Waals surface area contributed by atoms with Crippen molar-refractivity contribution in [1.29, 1.82) is 0 Å². The SMILES string of the molecule is CCC1Oc2ccc(NC(=O)C3CCCC3)cc2CN(CCOc2ccccc2)C1=O. The second-order valence-corrected chi connectivity index (χ2v) is 8.23. The molecule has 0 saturated heterocycles. The first-order valence-electron chi connectivity index (χ1n) is 11.2. The summed E-state index contributed by atoms with van der Waals surface area (Å²) in [5, 5.41) is 3.05. The standard InChI is InChI=1S/C25H30N2O4/c1-2-22-25(29)27(14-15-30-21-10-4-3-5-11-21)17-19-16-20(12-13-23(19)31-22)26-24(28)18-8-6-7-9-18/h3-5,10-13,16,18,22H,2,6-9,14-15,17H2,1H3,(H,26,28). The molecule has 2 aromatic carbocycles. The van der Waals surface area contributed by atoms with Crippen LogP contribution in [0.25, 0.3) is 0 Å². The lowest BCUT2D eigenvalue weighted by atomic mass is 10.1. The van der Waals surface area contributed by atoms with E-state index in [1.165, 1.54) is 0 Å². The number of hydrogen-bond acceptors (Lipinski definition) is 4. The highest BCUT2D eigenvalue weighted by Crippen LogP contribution is 2.31. The third kappa shape index (κ3) is 5.19. The summed E-state index contributed by atoms with van der Waals surface area (Å²) < 4.78 is 11.8. The predicted octanol–water partition coefficient (Wildman–Crippen LogP) is 4.39. The van der Waals surface area contributed by atoms with E-state index in [1.54, 1.807) is 4.90 Å². The first-order chi connectivity index (χ1) is 15.1. The highest BCUT2D eigenvalue weighted by atomic mass is 16.5. The van der Waals surface area contributed by atoms with Crippen LogP contribution in [0.1, 0.15) is 44.6 Å². The van der Waals surface area contributed by atoms with Gasteiger partial charge in [0.1, 0.15) is 18.1 Å². The first-order valence-corrected chi connectivity index (χ1v) is 11.2. The number of anilines is 1. The Balaban J connectivity index is 1.46. The zero-order chi connectivity index (χ0) is 21.6. The quantitative estimate of drug-likeness (QED) is 0.718. The van der Waals surface area contributed by atoms with Gasteiger partial charge < -0.3 is 19.7 Å². The van der Waals surface area contributed by atoms with Crippen LogP contribution in [0.2, 0.25) is 0 Å². The third-order valence-electron chi connectivity index (χ3n) is 6.02. The second kappa shape index (κ2) is 9.86. The van der Waals surface area contributed by atoms with Gasteiger partial charge >= 0.3 is 0 Å². The number of carbonyl (C=O) groups is 2. The smallest absolute Gasteiger partial charge is 0.264 e. The number of para-hydroxylation sites is 1. The molecule has 1 atom stereocenters. The molecule has 1 aliphatic carbocycles. The Hall–Kier alpha value is -3.02. The summed E-state index contributed by atoms with van der Waals surface area (Å²) in [6, 6.07) is 15.2. The molecule has 1 N–H and O–H groups in total. The Bertz CT molecular complexity index is 909. The van der Waals surface area contributed by atoms with Crippen molar-refractivity contribution in [3.63, 3.8) is 0 Å². The van der Waals surface area contributed by atoms with Crippen LogP contribution in [-0.2, 0) is 16.1 Å².